The fourth-order valence-corrected chi connectivity index (χ4v) is 3.36. The van der Waals surface area contributed by atoms with E-state index in [1.54, 1.807) is 19.1 Å². The van der Waals surface area contributed by atoms with Gasteiger partial charge in [-0.15, -0.1) is 0 Å². The summed E-state index contributed by atoms with van der Waals surface area (Å²) in [6.07, 6.45) is 0. The van der Waals surface area contributed by atoms with Crippen LogP contribution in [0.15, 0.2) is 34.3 Å². The lowest BCUT2D eigenvalue weighted by molar-refractivity contribution is -0.113. The minimum atomic E-state index is -0.569. The molecule has 1 aromatic heterocycles. The number of H-pyrrole nitrogens is 1. The number of Topliss-reactive ketones (excluding diaryl/α,β-unsaturated/α-hetero) is 1. The molecule has 0 amide bonds. The van der Waals surface area contributed by atoms with Crippen molar-refractivity contribution in [1.29, 1.82) is 0 Å². The highest BCUT2D eigenvalue weighted by molar-refractivity contribution is 5.98. The van der Waals surface area contributed by atoms with E-state index in [2.05, 4.69) is 15.3 Å². The molecule has 128 valence electrons. The van der Waals surface area contributed by atoms with E-state index in [1.165, 1.54) is 6.92 Å². The highest BCUT2D eigenvalue weighted by atomic mass is 16.7. The van der Waals surface area contributed by atoms with Gasteiger partial charge < -0.3 is 20.5 Å². The quantitative estimate of drug-likeness (QED) is 0.758. The third kappa shape index (κ3) is 2.34. The maximum atomic E-state index is 12.6. The van der Waals surface area contributed by atoms with Crippen LogP contribution < -0.4 is 26.1 Å². The van der Waals surface area contributed by atoms with Crippen molar-refractivity contribution in [3.63, 3.8) is 0 Å². The monoisotopic (exact) mass is 340 g/mol. The molecule has 0 radical (unpaired) electrons. The number of rotatable bonds is 2. The molecule has 0 spiro atoms. The van der Waals surface area contributed by atoms with E-state index in [-0.39, 0.29) is 24.1 Å². The largest absolute Gasteiger partial charge is 0.454 e. The molecule has 2 aromatic rings. The topological polar surface area (TPSA) is 119 Å². The lowest BCUT2D eigenvalue weighted by atomic mass is 9.80. The van der Waals surface area contributed by atoms with Crippen LogP contribution in [0.3, 0.4) is 0 Å². The van der Waals surface area contributed by atoms with Gasteiger partial charge in [-0.3, -0.25) is 14.6 Å². The zero-order valence-corrected chi connectivity index (χ0v) is 13.7. The number of aromatic nitrogens is 2. The average Bonchev–Trinajstić information content (AvgIpc) is 3.00. The Morgan fingerprint density at radius 2 is 2.08 bits per heavy atom. The summed E-state index contributed by atoms with van der Waals surface area (Å²) in [5.74, 6) is 0.881. The van der Waals surface area contributed by atoms with E-state index in [9.17, 15) is 9.59 Å². The Labute approximate surface area is 142 Å². The van der Waals surface area contributed by atoms with Gasteiger partial charge in [0.25, 0.3) is 5.56 Å². The fourth-order valence-electron chi connectivity index (χ4n) is 3.36. The normalized spacial score (nSPS) is 17.9. The van der Waals surface area contributed by atoms with Gasteiger partial charge in [0, 0.05) is 17.2 Å². The number of nitrogens with one attached hydrogen (secondary N) is 2. The Balaban J connectivity index is 1.98. The van der Waals surface area contributed by atoms with Gasteiger partial charge in [-0.1, -0.05) is 6.07 Å². The molecule has 25 heavy (non-hydrogen) atoms. The van der Waals surface area contributed by atoms with Gasteiger partial charge in [0.15, 0.2) is 17.3 Å². The second kappa shape index (κ2) is 5.37. The number of ketones is 1. The van der Waals surface area contributed by atoms with Gasteiger partial charge in [0.2, 0.25) is 12.7 Å². The van der Waals surface area contributed by atoms with Gasteiger partial charge in [-0.2, -0.15) is 4.98 Å². The number of fused-ring (bicyclic) bond motifs is 2. The third-order valence-corrected chi connectivity index (χ3v) is 4.37. The van der Waals surface area contributed by atoms with Crippen LogP contribution in [0.2, 0.25) is 0 Å². The van der Waals surface area contributed by atoms with Crippen LogP contribution in [-0.2, 0) is 4.79 Å². The molecule has 0 aliphatic carbocycles. The van der Waals surface area contributed by atoms with E-state index >= 15 is 0 Å². The molecule has 1 atom stereocenters. The smallest absolute Gasteiger partial charge is 0.258 e. The summed E-state index contributed by atoms with van der Waals surface area (Å²) >= 11 is 0. The number of nitrogens with zero attached hydrogens (tertiary/aromatic N) is 1. The number of anilines is 2. The van der Waals surface area contributed by atoms with Crippen molar-refractivity contribution in [2.24, 2.45) is 0 Å². The van der Waals surface area contributed by atoms with Crippen molar-refractivity contribution in [3.8, 4) is 11.5 Å². The summed E-state index contributed by atoms with van der Waals surface area (Å²) in [5.41, 5.74) is 7.51. The van der Waals surface area contributed by atoms with Gasteiger partial charge >= 0.3 is 0 Å². The van der Waals surface area contributed by atoms with Crippen molar-refractivity contribution in [1.82, 2.24) is 9.97 Å². The Morgan fingerprint density at radius 1 is 1.32 bits per heavy atom. The number of carbonyl (C=O) groups excluding carboxylic acids is 1. The molecular weight excluding hydrogens is 324 g/mol. The summed E-state index contributed by atoms with van der Waals surface area (Å²) in [5, 5.41) is 3.02. The molecule has 0 saturated carbocycles. The number of benzene rings is 1. The average molecular weight is 340 g/mol. The highest BCUT2D eigenvalue weighted by Crippen LogP contribution is 2.43. The molecule has 2 aliphatic rings. The molecule has 8 heteroatoms. The zero-order valence-electron chi connectivity index (χ0n) is 13.7. The number of allylic oxidation sites excluding steroid dienone is 2. The SMILES string of the molecule is CC(=O)C1=C(C)Nc2nc(N)[nH]c(=O)c2C1c1ccc2c(c1)OCO2. The Morgan fingerprint density at radius 3 is 2.84 bits per heavy atom. The first kappa shape index (κ1) is 15.3. The van der Waals surface area contributed by atoms with Crippen molar-refractivity contribution in [3.05, 3.63) is 50.9 Å². The first-order valence-electron chi connectivity index (χ1n) is 7.73. The number of ether oxygens (including phenoxy) is 2. The molecule has 1 unspecified atom stereocenters. The molecule has 2 aliphatic heterocycles. The van der Waals surface area contributed by atoms with E-state index < -0.39 is 5.92 Å². The van der Waals surface area contributed by atoms with Gasteiger partial charge in [-0.05, 0) is 31.5 Å². The first-order chi connectivity index (χ1) is 12.0. The number of aromatic amines is 1. The van der Waals surface area contributed by atoms with Crippen LogP contribution in [0, 0.1) is 0 Å². The Hall–Kier alpha value is -3.29. The molecule has 0 bridgehead atoms. The number of carbonyl (C=O) groups is 1. The second-order valence-electron chi connectivity index (χ2n) is 5.98. The molecule has 8 nitrogen and oxygen atoms in total. The van der Waals surface area contributed by atoms with Crippen LogP contribution >= 0.6 is 0 Å². The van der Waals surface area contributed by atoms with E-state index in [1.807, 2.05) is 6.07 Å². The highest BCUT2D eigenvalue weighted by Gasteiger charge is 2.34. The zero-order chi connectivity index (χ0) is 17.7. The molecule has 4 rings (SSSR count). The number of hydrogen-bond donors (Lipinski definition) is 3. The van der Waals surface area contributed by atoms with Gasteiger partial charge in [0.1, 0.15) is 5.82 Å². The van der Waals surface area contributed by atoms with Crippen molar-refractivity contribution < 1.29 is 14.3 Å². The summed E-state index contributed by atoms with van der Waals surface area (Å²) in [6.45, 7) is 3.40. The Kier molecular flexibility index (Phi) is 3.28. The van der Waals surface area contributed by atoms with Crippen LogP contribution in [-0.4, -0.2) is 22.5 Å². The first-order valence-corrected chi connectivity index (χ1v) is 7.73. The van der Waals surface area contributed by atoms with Crippen molar-refractivity contribution in [2.45, 2.75) is 19.8 Å². The van der Waals surface area contributed by atoms with Crippen LogP contribution in [0.1, 0.15) is 30.9 Å². The number of hydrogen-bond acceptors (Lipinski definition) is 7. The minimum Gasteiger partial charge on any atom is -0.454 e. The predicted octanol–water partition coefficient (Wildman–Crippen LogP) is 1.50. The maximum Gasteiger partial charge on any atom is 0.258 e. The van der Waals surface area contributed by atoms with Crippen LogP contribution in [0.4, 0.5) is 11.8 Å². The van der Waals surface area contributed by atoms with Crippen LogP contribution in [0.25, 0.3) is 0 Å². The van der Waals surface area contributed by atoms with E-state index in [0.29, 0.717) is 34.2 Å². The second-order valence-corrected chi connectivity index (χ2v) is 5.98. The molecular formula is C17H16N4O4. The summed E-state index contributed by atoms with van der Waals surface area (Å²) in [6, 6.07) is 5.37. The number of nitrogens with two attached hydrogens (primary N) is 1. The van der Waals surface area contributed by atoms with E-state index in [4.69, 9.17) is 15.2 Å². The summed E-state index contributed by atoms with van der Waals surface area (Å²) < 4.78 is 10.8. The van der Waals surface area contributed by atoms with Crippen molar-refractivity contribution in [2.75, 3.05) is 17.8 Å². The van der Waals surface area contributed by atoms with Crippen LogP contribution in [0.5, 0.6) is 11.5 Å². The minimum absolute atomic E-state index is 0.0137. The molecule has 3 heterocycles. The molecule has 1 aromatic carbocycles. The third-order valence-electron chi connectivity index (χ3n) is 4.37. The lowest BCUT2D eigenvalue weighted by Gasteiger charge is -2.28. The molecule has 0 fully saturated rings. The molecule has 4 N–H and O–H groups in total. The standard InChI is InChI=1S/C17H16N4O4/c1-7-12(8(2)22)13(9-3-4-10-11(5-9)25-6-24-10)14-15(19-7)20-17(18)21-16(14)23/h3-5,13H,6H2,1-2H3,(H4,18,19,20,21,23). The van der Waals surface area contributed by atoms with Gasteiger partial charge in [0.05, 0.1) is 5.56 Å². The van der Waals surface area contributed by atoms with Crippen molar-refractivity contribution >= 4 is 17.5 Å². The predicted molar refractivity (Wildman–Crippen MR) is 90.7 cm³/mol. The maximum absolute atomic E-state index is 12.6. The number of nitrogen functional groups attached to an aromatic ring is 1. The summed E-state index contributed by atoms with van der Waals surface area (Å²) in [7, 11) is 0. The Bertz CT molecular complexity index is 993. The van der Waals surface area contributed by atoms with Gasteiger partial charge in [-0.25, -0.2) is 0 Å². The van der Waals surface area contributed by atoms with E-state index in [0.717, 1.165) is 5.56 Å². The fraction of sp³-hybridized carbons (Fsp3) is 0.235. The summed E-state index contributed by atoms with van der Waals surface area (Å²) in [4.78, 5) is 31.6. The molecule has 0 saturated heterocycles. The lowest BCUT2D eigenvalue weighted by Crippen LogP contribution is -2.30.